The summed E-state index contributed by atoms with van der Waals surface area (Å²) in [5, 5.41) is 3.16. The van der Waals surface area contributed by atoms with Crippen LogP contribution in [0.2, 0.25) is 0 Å². The summed E-state index contributed by atoms with van der Waals surface area (Å²) in [5.41, 5.74) is 8.63. The first-order chi connectivity index (χ1) is 10.7. The van der Waals surface area contributed by atoms with Gasteiger partial charge in [-0.3, -0.25) is 9.69 Å². The van der Waals surface area contributed by atoms with Crippen molar-refractivity contribution in [1.29, 1.82) is 0 Å². The van der Waals surface area contributed by atoms with Gasteiger partial charge in [0.1, 0.15) is 0 Å². The van der Waals surface area contributed by atoms with Gasteiger partial charge in [0.2, 0.25) is 5.91 Å². The molecule has 1 heterocycles. The Balaban J connectivity index is 0.00000288. The fraction of sp³-hybridized carbons (Fsp3) is 0.632. The Bertz CT molecular complexity index is 561. The minimum atomic E-state index is -0.131. The molecule has 1 aromatic carbocycles. The van der Waals surface area contributed by atoms with Crippen molar-refractivity contribution in [3.8, 4) is 0 Å². The predicted octanol–water partition coefficient (Wildman–Crippen LogP) is 3.04. The fourth-order valence-corrected chi connectivity index (χ4v) is 3.40. The number of hydrogen-bond donors (Lipinski definition) is 2. The van der Waals surface area contributed by atoms with Crippen LogP contribution in [0, 0.1) is 12.3 Å². The quantitative estimate of drug-likeness (QED) is 0.874. The number of carbonyl (C=O) groups is 1. The third-order valence-electron chi connectivity index (χ3n) is 5.28. The van der Waals surface area contributed by atoms with Crippen LogP contribution in [0.4, 0.5) is 0 Å². The zero-order valence-corrected chi connectivity index (χ0v) is 16.3. The highest BCUT2D eigenvalue weighted by Crippen LogP contribution is 2.29. The van der Waals surface area contributed by atoms with Crippen LogP contribution in [0.3, 0.4) is 0 Å². The van der Waals surface area contributed by atoms with E-state index < -0.39 is 0 Å². The third-order valence-corrected chi connectivity index (χ3v) is 5.28. The Hall–Kier alpha value is -1.10. The number of hydrogen-bond acceptors (Lipinski definition) is 3. The molecule has 1 amide bonds. The highest BCUT2D eigenvalue weighted by atomic mass is 35.5. The third kappa shape index (κ3) is 4.71. The van der Waals surface area contributed by atoms with Crippen LogP contribution in [0.25, 0.3) is 0 Å². The van der Waals surface area contributed by atoms with Gasteiger partial charge in [-0.05, 0) is 43.7 Å². The van der Waals surface area contributed by atoms with E-state index in [1.54, 1.807) is 0 Å². The lowest BCUT2D eigenvalue weighted by Gasteiger charge is -2.44. The van der Waals surface area contributed by atoms with Crippen molar-refractivity contribution in [2.75, 3.05) is 13.1 Å². The van der Waals surface area contributed by atoms with Gasteiger partial charge in [-0.25, -0.2) is 0 Å². The number of likely N-dealkylation sites (tertiary alicyclic amines) is 1. The number of rotatable bonds is 4. The molecule has 2 rings (SSSR count). The normalized spacial score (nSPS) is 23.0. The van der Waals surface area contributed by atoms with E-state index in [0.29, 0.717) is 0 Å². The van der Waals surface area contributed by atoms with E-state index in [0.717, 1.165) is 19.5 Å². The molecule has 0 saturated carbocycles. The standard InChI is InChI=1S/C19H31N3O.ClH/c1-13-8-6-7-9-16(13)14(2)21-18(23)15(3)22-11-10-17(20)19(4,5)12-22;/h6-9,14-15,17H,10-12,20H2,1-5H3,(H,21,23);1H. The summed E-state index contributed by atoms with van der Waals surface area (Å²) in [6.45, 7) is 12.2. The molecule has 3 atom stereocenters. The van der Waals surface area contributed by atoms with Gasteiger partial charge in [0, 0.05) is 19.1 Å². The molecule has 1 aromatic rings. The van der Waals surface area contributed by atoms with Crippen molar-refractivity contribution in [3.05, 3.63) is 35.4 Å². The summed E-state index contributed by atoms with van der Waals surface area (Å²) < 4.78 is 0. The molecule has 0 radical (unpaired) electrons. The summed E-state index contributed by atoms with van der Waals surface area (Å²) in [4.78, 5) is 14.9. The maximum atomic E-state index is 12.6. The van der Waals surface area contributed by atoms with E-state index >= 15 is 0 Å². The molecule has 1 aliphatic rings. The zero-order chi connectivity index (χ0) is 17.2. The van der Waals surface area contributed by atoms with Gasteiger partial charge in [0.25, 0.3) is 0 Å². The minimum absolute atomic E-state index is 0. The molecule has 0 aliphatic carbocycles. The smallest absolute Gasteiger partial charge is 0.237 e. The van der Waals surface area contributed by atoms with Crippen molar-refractivity contribution in [3.63, 3.8) is 0 Å². The highest BCUT2D eigenvalue weighted by molar-refractivity contribution is 5.85. The maximum absolute atomic E-state index is 12.6. The number of nitrogens with zero attached hydrogens (tertiary/aromatic N) is 1. The minimum Gasteiger partial charge on any atom is -0.348 e. The van der Waals surface area contributed by atoms with E-state index in [1.807, 2.05) is 26.0 Å². The molecule has 24 heavy (non-hydrogen) atoms. The molecule has 1 aliphatic heterocycles. The lowest BCUT2D eigenvalue weighted by molar-refractivity contribution is -0.127. The lowest BCUT2D eigenvalue weighted by atomic mass is 9.79. The number of piperidine rings is 1. The number of nitrogens with one attached hydrogen (secondary N) is 1. The molecular formula is C19H32ClN3O. The molecular weight excluding hydrogens is 322 g/mol. The summed E-state index contributed by atoms with van der Waals surface area (Å²) in [6.07, 6.45) is 0.942. The van der Waals surface area contributed by atoms with Crippen LogP contribution in [0.15, 0.2) is 24.3 Å². The molecule has 3 unspecified atom stereocenters. The van der Waals surface area contributed by atoms with Gasteiger partial charge in [0.15, 0.2) is 0 Å². The number of aryl methyl sites for hydroxylation is 1. The second-order valence-corrected chi connectivity index (χ2v) is 7.62. The number of benzene rings is 1. The second-order valence-electron chi connectivity index (χ2n) is 7.62. The molecule has 4 nitrogen and oxygen atoms in total. The SMILES string of the molecule is Cc1ccccc1C(C)NC(=O)C(C)N1CCC(N)C(C)(C)C1.Cl. The summed E-state index contributed by atoms with van der Waals surface area (Å²) in [5.74, 6) is 0.0898. The highest BCUT2D eigenvalue weighted by Gasteiger charge is 2.36. The van der Waals surface area contributed by atoms with E-state index in [-0.39, 0.29) is 41.9 Å². The predicted molar refractivity (Wildman–Crippen MR) is 102 cm³/mol. The second kappa shape index (κ2) is 8.32. The van der Waals surface area contributed by atoms with Crippen LogP contribution >= 0.6 is 12.4 Å². The van der Waals surface area contributed by atoms with E-state index in [1.165, 1.54) is 11.1 Å². The molecule has 136 valence electrons. The van der Waals surface area contributed by atoms with Crippen LogP contribution in [0.5, 0.6) is 0 Å². The van der Waals surface area contributed by atoms with Crippen LogP contribution in [-0.2, 0) is 4.79 Å². The summed E-state index contributed by atoms with van der Waals surface area (Å²) >= 11 is 0. The van der Waals surface area contributed by atoms with Crippen molar-refractivity contribution >= 4 is 18.3 Å². The summed E-state index contributed by atoms with van der Waals surface area (Å²) in [7, 11) is 0. The molecule has 1 fully saturated rings. The molecule has 0 aromatic heterocycles. The van der Waals surface area contributed by atoms with E-state index in [4.69, 9.17) is 5.73 Å². The summed E-state index contributed by atoms with van der Waals surface area (Å²) in [6, 6.07) is 8.29. The lowest BCUT2D eigenvalue weighted by Crippen LogP contribution is -2.57. The Morgan fingerprint density at radius 2 is 1.96 bits per heavy atom. The molecule has 0 spiro atoms. The van der Waals surface area contributed by atoms with Crippen molar-refractivity contribution < 1.29 is 4.79 Å². The fourth-order valence-electron chi connectivity index (χ4n) is 3.40. The van der Waals surface area contributed by atoms with Crippen molar-refractivity contribution in [2.24, 2.45) is 11.1 Å². The maximum Gasteiger partial charge on any atom is 0.237 e. The Kier molecular flexibility index (Phi) is 7.26. The van der Waals surface area contributed by atoms with Crippen LogP contribution in [0.1, 0.15) is 51.3 Å². The monoisotopic (exact) mass is 353 g/mol. The van der Waals surface area contributed by atoms with Gasteiger partial charge >= 0.3 is 0 Å². The number of carbonyl (C=O) groups excluding carboxylic acids is 1. The van der Waals surface area contributed by atoms with Gasteiger partial charge < -0.3 is 11.1 Å². The topological polar surface area (TPSA) is 58.4 Å². The first-order valence-corrected chi connectivity index (χ1v) is 8.58. The Morgan fingerprint density at radius 3 is 2.54 bits per heavy atom. The number of nitrogens with two attached hydrogens (primary N) is 1. The first kappa shape index (κ1) is 20.9. The van der Waals surface area contributed by atoms with Gasteiger partial charge in [-0.2, -0.15) is 0 Å². The van der Waals surface area contributed by atoms with Crippen LogP contribution < -0.4 is 11.1 Å². The van der Waals surface area contributed by atoms with Crippen LogP contribution in [-0.4, -0.2) is 36.0 Å². The first-order valence-electron chi connectivity index (χ1n) is 8.58. The average Bonchev–Trinajstić information content (AvgIpc) is 2.49. The molecule has 3 N–H and O–H groups in total. The van der Waals surface area contributed by atoms with Gasteiger partial charge in [0.05, 0.1) is 12.1 Å². The van der Waals surface area contributed by atoms with Gasteiger partial charge in [-0.1, -0.05) is 38.1 Å². The number of halogens is 1. The van der Waals surface area contributed by atoms with E-state index in [9.17, 15) is 4.79 Å². The molecule has 5 heteroatoms. The van der Waals surface area contributed by atoms with Crippen molar-refractivity contribution in [2.45, 2.75) is 59.2 Å². The van der Waals surface area contributed by atoms with E-state index in [2.05, 4.69) is 43.1 Å². The molecule has 0 bridgehead atoms. The average molecular weight is 354 g/mol. The van der Waals surface area contributed by atoms with Crippen molar-refractivity contribution in [1.82, 2.24) is 10.2 Å². The number of amides is 1. The Labute approximate surface area is 152 Å². The zero-order valence-electron chi connectivity index (χ0n) is 15.5. The largest absolute Gasteiger partial charge is 0.348 e. The molecule has 1 saturated heterocycles. The van der Waals surface area contributed by atoms with Gasteiger partial charge in [-0.15, -0.1) is 12.4 Å². The Morgan fingerprint density at radius 1 is 1.33 bits per heavy atom.